The smallest absolute Gasteiger partial charge is 0.202 e. The lowest BCUT2D eigenvalue weighted by Gasteiger charge is -2.18. The number of halogens is 1. The minimum absolute atomic E-state index is 0.0500. The fourth-order valence-electron chi connectivity index (χ4n) is 1.80. The van der Waals surface area contributed by atoms with Crippen molar-refractivity contribution in [2.45, 2.75) is 25.7 Å². The van der Waals surface area contributed by atoms with Crippen molar-refractivity contribution < 1.29 is 8.42 Å². The molecule has 2 fully saturated rings. The molecule has 0 spiro atoms. The van der Waals surface area contributed by atoms with Crippen molar-refractivity contribution in [2.24, 2.45) is 5.41 Å². The van der Waals surface area contributed by atoms with Gasteiger partial charge in [0.25, 0.3) is 10.2 Å². The van der Waals surface area contributed by atoms with Crippen LogP contribution in [0.5, 0.6) is 0 Å². The highest BCUT2D eigenvalue weighted by Crippen LogP contribution is 2.46. The van der Waals surface area contributed by atoms with Gasteiger partial charge in [-0.3, -0.25) is 0 Å². The van der Waals surface area contributed by atoms with Gasteiger partial charge in [-0.05, 0) is 31.1 Å². The molecule has 6 heteroatoms. The largest absolute Gasteiger partial charge is 0.279 e. The predicted octanol–water partition coefficient (Wildman–Crippen LogP) is 0.936. The second kappa shape index (κ2) is 4.20. The standard InChI is InChI=1S/C9H17ClN2O2S/c10-7-9(3-4-9)8-11-15(13,14)12-5-1-2-6-12/h11H,1-8H2. The van der Waals surface area contributed by atoms with Gasteiger partial charge in [0.1, 0.15) is 0 Å². The lowest BCUT2D eigenvalue weighted by molar-refractivity contribution is 0.452. The Morgan fingerprint density at radius 1 is 1.27 bits per heavy atom. The molecule has 1 saturated carbocycles. The van der Waals surface area contributed by atoms with Crippen LogP contribution in [0.2, 0.25) is 0 Å². The molecule has 1 aliphatic heterocycles. The lowest BCUT2D eigenvalue weighted by Crippen LogP contribution is -2.41. The Labute approximate surface area is 96.2 Å². The highest BCUT2D eigenvalue weighted by Gasteiger charge is 2.42. The predicted molar refractivity (Wildman–Crippen MR) is 60.1 cm³/mol. The highest BCUT2D eigenvalue weighted by atomic mass is 35.5. The van der Waals surface area contributed by atoms with Crippen LogP contribution < -0.4 is 4.72 Å². The molecule has 4 nitrogen and oxygen atoms in total. The van der Waals surface area contributed by atoms with Crippen LogP contribution in [-0.4, -0.2) is 38.2 Å². The van der Waals surface area contributed by atoms with E-state index >= 15 is 0 Å². The zero-order valence-corrected chi connectivity index (χ0v) is 10.3. The third-order valence-electron chi connectivity index (χ3n) is 3.28. The molecule has 0 aromatic carbocycles. The maximum absolute atomic E-state index is 11.8. The summed E-state index contributed by atoms with van der Waals surface area (Å²) < 4.78 is 27.8. The van der Waals surface area contributed by atoms with Gasteiger partial charge < -0.3 is 0 Å². The number of hydrogen-bond acceptors (Lipinski definition) is 2. The molecule has 15 heavy (non-hydrogen) atoms. The molecule has 0 amide bonds. The molecular weight excluding hydrogens is 236 g/mol. The summed E-state index contributed by atoms with van der Waals surface area (Å²) in [5.41, 5.74) is 0.0500. The van der Waals surface area contributed by atoms with Gasteiger partial charge >= 0.3 is 0 Å². The molecule has 2 rings (SSSR count). The van der Waals surface area contributed by atoms with Crippen molar-refractivity contribution in [3.8, 4) is 0 Å². The third-order valence-corrected chi connectivity index (χ3v) is 5.40. The Morgan fingerprint density at radius 3 is 2.33 bits per heavy atom. The quantitative estimate of drug-likeness (QED) is 0.741. The van der Waals surface area contributed by atoms with Gasteiger partial charge in [0.05, 0.1) is 0 Å². The van der Waals surface area contributed by atoms with Crippen molar-refractivity contribution in [1.29, 1.82) is 0 Å². The normalized spacial score (nSPS) is 25.7. The number of alkyl halides is 1. The van der Waals surface area contributed by atoms with E-state index in [-0.39, 0.29) is 5.41 Å². The first-order chi connectivity index (χ1) is 7.08. The minimum Gasteiger partial charge on any atom is -0.202 e. The van der Waals surface area contributed by atoms with Gasteiger partial charge in [-0.25, -0.2) is 4.72 Å². The zero-order chi connectivity index (χ0) is 10.9. The Kier molecular flexibility index (Phi) is 3.26. The molecule has 0 atom stereocenters. The van der Waals surface area contributed by atoms with Crippen molar-refractivity contribution in [3.63, 3.8) is 0 Å². The van der Waals surface area contributed by atoms with E-state index in [1.807, 2.05) is 0 Å². The van der Waals surface area contributed by atoms with Gasteiger partial charge in [-0.1, -0.05) is 0 Å². The lowest BCUT2D eigenvalue weighted by atomic mass is 10.1. The molecule has 1 saturated heterocycles. The number of nitrogens with one attached hydrogen (secondary N) is 1. The molecule has 0 aromatic rings. The van der Waals surface area contributed by atoms with Crippen molar-refractivity contribution in [1.82, 2.24) is 9.03 Å². The van der Waals surface area contributed by atoms with Gasteiger partial charge in [0, 0.05) is 25.5 Å². The summed E-state index contributed by atoms with van der Waals surface area (Å²) in [7, 11) is -3.24. The molecule has 1 N–H and O–H groups in total. The summed E-state index contributed by atoms with van der Waals surface area (Å²) in [4.78, 5) is 0. The molecule has 2 aliphatic rings. The van der Waals surface area contributed by atoms with E-state index < -0.39 is 10.2 Å². The molecule has 1 heterocycles. The van der Waals surface area contributed by atoms with E-state index in [0.717, 1.165) is 25.7 Å². The average molecular weight is 253 g/mol. The van der Waals surface area contributed by atoms with Crippen LogP contribution in [0.15, 0.2) is 0 Å². The first-order valence-electron chi connectivity index (χ1n) is 5.39. The highest BCUT2D eigenvalue weighted by molar-refractivity contribution is 7.87. The van der Waals surface area contributed by atoms with Gasteiger partial charge in [0.2, 0.25) is 0 Å². The van der Waals surface area contributed by atoms with Crippen molar-refractivity contribution in [3.05, 3.63) is 0 Å². The molecule has 0 unspecified atom stereocenters. The van der Waals surface area contributed by atoms with Gasteiger partial charge in [-0.2, -0.15) is 12.7 Å². The topological polar surface area (TPSA) is 49.4 Å². The van der Waals surface area contributed by atoms with E-state index in [9.17, 15) is 8.42 Å². The third kappa shape index (κ3) is 2.64. The summed E-state index contributed by atoms with van der Waals surface area (Å²) in [5.74, 6) is 0.551. The van der Waals surface area contributed by atoms with Crippen molar-refractivity contribution in [2.75, 3.05) is 25.5 Å². The van der Waals surface area contributed by atoms with Gasteiger partial charge in [-0.15, -0.1) is 11.6 Å². The monoisotopic (exact) mass is 252 g/mol. The van der Waals surface area contributed by atoms with Crippen LogP contribution in [0.25, 0.3) is 0 Å². The fraction of sp³-hybridized carbons (Fsp3) is 1.00. The Balaban J connectivity index is 1.87. The average Bonchev–Trinajstić information content (AvgIpc) is 2.77. The zero-order valence-electron chi connectivity index (χ0n) is 8.71. The molecule has 0 radical (unpaired) electrons. The number of hydrogen-bond donors (Lipinski definition) is 1. The molecule has 0 aromatic heterocycles. The van der Waals surface area contributed by atoms with Crippen LogP contribution in [0.1, 0.15) is 25.7 Å². The first kappa shape index (κ1) is 11.6. The Bertz CT molecular complexity index is 321. The van der Waals surface area contributed by atoms with Gasteiger partial charge in [0.15, 0.2) is 0 Å². The SMILES string of the molecule is O=S(=O)(NCC1(CCl)CC1)N1CCCC1. The summed E-state index contributed by atoms with van der Waals surface area (Å²) in [5, 5.41) is 0. The summed E-state index contributed by atoms with van der Waals surface area (Å²) in [6.07, 6.45) is 4.03. The Hall–Kier alpha value is 0.160. The van der Waals surface area contributed by atoms with E-state index in [1.165, 1.54) is 4.31 Å². The molecular formula is C9H17ClN2O2S. The fourth-order valence-corrected chi connectivity index (χ4v) is 3.57. The summed E-state index contributed by atoms with van der Waals surface area (Å²) >= 11 is 5.80. The second-order valence-corrected chi connectivity index (χ2v) is 6.59. The van der Waals surface area contributed by atoms with Crippen LogP contribution in [-0.2, 0) is 10.2 Å². The van der Waals surface area contributed by atoms with Crippen molar-refractivity contribution >= 4 is 21.8 Å². The second-order valence-electron chi connectivity index (χ2n) is 4.57. The van der Waals surface area contributed by atoms with Crippen LogP contribution in [0, 0.1) is 5.41 Å². The maximum atomic E-state index is 11.8. The van der Waals surface area contributed by atoms with Crippen LogP contribution in [0.4, 0.5) is 0 Å². The number of nitrogens with zero attached hydrogens (tertiary/aromatic N) is 1. The maximum Gasteiger partial charge on any atom is 0.279 e. The van der Waals surface area contributed by atoms with E-state index in [0.29, 0.717) is 25.5 Å². The van der Waals surface area contributed by atoms with Crippen LogP contribution >= 0.6 is 11.6 Å². The molecule has 88 valence electrons. The summed E-state index contributed by atoms with van der Waals surface area (Å²) in [6.45, 7) is 1.81. The van der Waals surface area contributed by atoms with E-state index in [2.05, 4.69) is 4.72 Å². The van der Waals surface area contributed by atoms with Crippen LogP contribution in [0.3, 0.4) is 0 Å². The molecule has 1 aliphatic carbocycles. The first-order valence-corrected chi connectivity index (χ1v) is 7.36. The number of rotatable bonds is 5. The molecule has 0 bridgehead atoms. The summed E-state index contributed by atoms with van der Waals surface area (Å²) in [6, 6.07) is 0. The Morgan fingerprint density at radius 2 is 1.87 bits per heavy atom. The van der Waals surface area contributed by atoms with E-state index in [4.69, 9.17) is 11.6 Å². The van der Waals surface area contributed by atoms with E-state index in [1.54, 1.807) is 0 Å². The minimum atomic E-state index is -3.24.